The van der Waals surface area contributed by atoms with Gasteiger partial charge in [0.25, 0.3) is 0 Å². The molecule has 0 atom stereocenters. The van der Waals surface area contributed by atoms with E-state index in [9.17, 15) is 8.42 Å². The van der Waals surface area contributed by atoms with E-state index < -0.39 is 10.0 Å². The molecule has 0 saturated heterocycles. The molecule has 120 valence electrons. The lowest BCUT2D eigenvalue weighted by Gasteiger charge is -2.22. The van der Waals surface area contributed by atoms with Crippen molar-refractivity contribution in [1.82, 2.24) is 4.31 Å². The Labute approximate surface area is 133 Å². The van der Waals surface area contributed by atoms with Gasteiger partial charge in [-0.2, -0.15) is 4.31 Å². The Morgan fingerprint density at radius 3 is 2.62 bits per heavy atom. The van der Waals surface area contributed by atoms with Crippen LogP contribution in [0.25, 0.3) is 0 Å². The van der Waals surface area contributed by atoms with Crippen LogP contribution in [0.3, 0.4) is 0 Å². The number of nitrogens with zero attached hydrogens (tertiary/aromatic N) is 1. The molecule has 0 radical (unpaired) electrons. The van der Waals surface area contributed by atoms with Crippen molar-refractivity contribution in [2.75, 3.05) is 40.0 Å². The standard InChI is InChI=1S/C13H20BrNO5S/c1-3-20-12-5-4-11(14)10-13(12)21(17,18)15(6-8-16)7-9-19-2/h4-5,10,16H,3,6-9H2,1-2H3. The second kappa shape index (κ2) is 8.70. The predicted octanol–water partition coefficient (Wildman–Crippen LogP) is 1.48. The summed E-state index contributed by atoms with van der Waals surface area (Å²) in [5, 5.41) is 9.09. The lowest BCUT2D eigenvalue weighted by atomic mass is 10.3. The fraction of sp³-hybridized carbons (Fsp3) is 0.538. The summed E-state index contributed by atoms with van der Waals surface area (Å²) in [5.41, 5.74) is 0. The number of sulfonamides is 1. The molecule has 0 aromatic heterocycles. The van der Waals surface area contributed by atoms with E-state index in [0.29, 0.717) is 16.8 Å². The molecule has 6 nitrogen and oxygen atoms in total. The van der Waals surface area contributed by atoms with Crippen LogP contribution in [0.5, 0.6) is 5.75 Å². The van der Waals surface area contributed by atoms with Crippen LogP contribution in [0.4, 0.5) is 0 Å². The number of ether oxygens (including phenoxy) is 2. The number of aliphatic hydroxyl groups is 1. The molecule has 8 heteroatoms. The molecule has 1 aromatic carbocycles. The first-order valence-electron chi connectivity index (χ1n) is 6.49. The number of halogens is 1. The van der Waals surface area contributed by atoms with Crippen molar-refractivity contribution >= 4 is 26.0 Å². The van der Waals surface area contributed by atoms with Gasteiger partial charge in [0.15, 0.2) is 0 Å². The average molecular weight is 382 g/mol. The number of aliphatic hydroxyl groups excluding tert-OH is 1. The molecule has 0 saturated carbocycles. The number of rotatable bonds is 9. The van der Waals surface area contributed by atoms with E-state index in [2.05, 4.69) is 15.9 Å². The van der Waals surface area contributed by atoms with Crippen LogP contribution in [0.2, 0.25) is 0 Å². The van der Waals surface area contributed by atoms with Crippen LogP contribution in [-0.2, 0) is 14.8 Å². The number of methoxy groups -OCH3 is 1. The van der Waals surface area contributed by atoms with E-state index in [4.69, 9.17) is 14.6 Å². The molecule has 0 fully saturated rings. The smallest absolute Gasteiger partial charge is 0.246 e. The van der Waals surface area contributed by atoms with Gasteiger partial charge < -0.3 is 14.6 Å². The third kappa shape index (κ3) is 4.93. The highest BCUT2D eigenvalue weighted by Gasteiger charge is 2.27. The predicted molar refractivity (Wildman–Crippen MR) is 83.0 cm³/mol. The van der Waals surface area contributed by atoms with Gasteiger partial charge in [0, 0.05) is 24.7 Å². The minimum absolute atomic E-state index is 0.00374. The molecule has 1 rings (SSSR count). The summed E-state index contributed by atoms with van der Waals surface area (Å²) in [6.45, 7) is 2.30. The first kappa shape index (κ1) is 18.4. The van der Waals surface area contributed by atoms with Crippen LogP contribution in [0.15, 0.2) is 27.6 Å². The van der Waals surface area contributed by atoms with Crippen LogP contribution >= 0.6 is 15.9 Å². The topological polar surface area (TPSA) is 76.1 Å². The molecule has 0 spiro atoms. The maximum Gasteiger partial charge on any atom is 0.246 e. The van der Waals surface area contributed by atoms with Crippen molar-refractivity contribution in [2.45, 2.75) is 11.8 Å². The molecule has 21 heavy (non-hydrogen) atoms. The SMILES string of the molecule is CCOc1ccc(Br)cc1S(=O)(=O)N(CCO)CCOC. The Morgan fingerprint density at radius 2 is 2.05 bits per heavy atom. The van der Waals surface area contributed by atoms with Gasteiger partial charge in [0.05, 0.1) is 19.8 Å². The zero-order chi connectivity index (χ0) is 15.9. The summed E-state index contributed by atoms with van der Waals surface area (Å²) < 4.78 is 37.6. The van der Waals surface area contributed by atoms with E-state index in [1.54, 1.807) is 19.1 Å². The molecule has 0 heterocycles. The highest BCUT2D eigenvalue weighted by molar-refractivity contribution is 9.10. The minimum Gasteiger partial charge on any atom is -0.492 e. The normalized spacial score (nSPS) is 11.9. The summed E-state index contributed by atoms with van der Waals surface area (Å²) in [6.07, 6.45) is 0. The maximum absolute atomic E-state index is 12.7. The maximum atomic E-state index is 12.7. The van der Waals surface area contributed by atoms with Crippen molar-refractivity contribution in [3.63, 3.8) is 0 Å². The minimum atomic E-state index is -3.77. The van der Waals surface area contributed by atoms with Gasteiger partial charge in [-0.05, 0) is 25.1 Å². The lowest BCUT2D eigenvalue weighted by molar-refractivity contribution is 0.168. The largest absolute Gasteiger partial charge is 0.492 e. The molecule has 1 N–H and O–H groups in total. The first-order chi connectivity index (χ1) is 9.97. The molecule has 0 amide bonds. The fourth-order valence-electron chi connectivity index (χ4n) is 1.75. The Hall–Kier alpha value is -0.670. The summed E-state index contributed by atoms with van der Waals surface area (Å²) in [7, 11) is -2.28. The Kier molecular flexibility index (Phi) is 7.61. The first-order valence-corrected chi connectivity index (χ1v) is 8.73. The van der Waals surface area contributed by atoms with Gasteiger partial charge in [-0.1, -0.05) is 15.9 Å². The molecule has 1 aromatic rings. The fourth-order valence-corrected chi connectivity index (χ4v) is 3.84. The van der Waals surface area contributed by atoms with Crippen molar-refractivity contribution in [3.05, 3.63) is 22.7 Å². The van der Waals surface area contributed by atoms with E-state index in [-0.39, 0.29) is 31.2 Å². The highest BCUT2D eigenvalue weighted by Crippen LogP contribution is 2.30. The zero-order valence-electron chi connectivity index (χ0n) is 12.1. The van der Waals surface area contributed by atoms with Crippen LogP contribution in [0, 0.1) is 0 Å². The van der Waals surface area contributed by atoms with Gasteiger partial charge >= 0.3 is 0 Å². The molecule has 0 aliphatic rings. The quantitative estimate of drug-likeness (QED) is 0.700. The van der Waals surface area contributed by atoms with Crippen molar-refractivity contribution in [3.8, 4) is 5.75 Å². The van der Waals surface area contributed by atoms with Crippen molar-refractivity contribution in [1.29, 1.82) is 0 Å². The number of benzene rings is 1. The van der Waals surface area contributed by atoms with E-state index in [0.717, 1.165) is 0 Å². The average Bonchev–Trinajstić information content (AvgIpc) is 2.45. The third-order valence-corrected chi connectivity index (χ3v) is 5.13. The molecular formula is C13H20BrNO5S. The van der Waals surface area contributed by atoms with Crippen LogP contribution in [-0.4, -0.2) is 57.8 Å². The number of hydrogen-bond acceptors (Lipinski definition) is 5. The lowest BCUT2D eigenvalue weighted by Crippen LogP contribution is -2.36. The van der Waals surface area contributed by atoms with Crippen molar-refractivity contribution in [2.24, 2.45) is 0 Å². The van der Waals surface area contributed by atoms with Crippen LogP contribution in [0.1, 0.15) is 6.92 Å². The molecule has 0 unspecified atom stereocenters. The van der Waals surface area contributed by atoms with E-state index in [1.807, 2.05) is 0 Å². The van der Waals surface area contributed by atoms with Gasteiger partial charge in [0.1, 0.15) is 10.6 Å². The Bertz CT molecular complexity index is 549. The molecule has 0 aliphatic carbocycles. The Balaban J connectivity index is 3.22. The van der Waals surface area contributed by atoms with E-state index >= 15 is 0 Å². The zero-order valence-corrected chi connectivity index (χ0v) is 14.5. The summed E-state index contributed by atoms with van der Waals surface area (Å²) >= 11 is 3.27. The monoisotopic (exact) mass is 381 g/mol. The summed E-state index contributed by atoms with van der Waals surface area (Å²) in [4.78, 5) is 0.0725. The second-order valence-corrected chi connectivity index (χ2v) is 6.97. The highest BCUT2D eigenvalue weighted by atomic mass is 79.9. The molecule has 0 aliphatic heterocycles. The summed E-state index contributed by atoms with van der Waals surface area (Å²) in [5.74, 6) is 0.293. The van der Waals surface area contributed by atoms with Gasteiger partial charge in [0.2, 0.25) is 10.0 Å². The summed E-state index contributed by atoms with van der Waals surface area (Å²) in [6, 6.07) is 4.82. The van der Waals surface area contributed by atoms with Gasteiger partial charge in [-0.25, -0.2) is 8.42 Å². The van der Waals surface area contributed by atoms with E-state index in [1.165, 1.54) is 17.5 Å². The molecule has 0 bridgehead atoms. The van der Waals surface area contributed by atoms with Gasteiger partial charge in [-0.3, -0.25) is 0 Å². The van der Waals surface area contributed by atoms with Gasteiger partial charge in [-0.15, -0.1) is 0 Å². The second-order valence-electron chi connectivity index (χ2n) is 4.14. The van der Waals surface area contributed by atoms with Crippen LogP contribution < -0.4 is 4.74 Å². The van der Waals surface area contributed by atoms with Crippen molar-refractivity contribution < 1.29 is 23.0 Å². The number of hydrogen-bond donors (Lipinski definition) is 1. The molecular weight excluding hydrogens is 362 g/mol. The Morgan fingerprint density at radius 1 is 1.33 bits per heavy atom. The third-order valence-electron chi connectivity index (χ3n) is 2.72.